The standard InChI is InChI=1S/C19H23N3O3/c1-11-12(2)21-22(5)18(24)16(11)17(23)20-14-10-19(3,4)25-15-9-7-6-8-13(14)15/h6-9,14H,10H2,1-5H3,(H,20,23). The average Bonchev–Trinajstić information content (AvgIpc) is 2.52. The summed E-state index contributed by atoms with van der Waals surface area (Å²) in [5.41, 5.74) is 1.56. The lowest BCUT2D eigenvalue weighted by Gasteiger charge is -2.37. The van der Waals surface area contributed by atoms with E-state index in [1.54, 1.807) is 20.9 Å². The van der Waals surface area contributed by atoms with Gasteiger partial charge in [-0.15, -0.1) is 0 Å². The van der Waals surface area contributed by atoms with Crippen LogP contribution < -0.4 is 15.6 Å². The Kier molecular flexibility index (Phi) is 4.14. The highest BCUT2D eigenvalue weighted by atomic mass is 16.5. The second-order valence-corrected chi connectivity index (χ2v) is 7.14. The largest absolute Gasteiger partial charge is 0.487 e. The van der Waals surface area contributed by atoms with Crippen LogP contribution in [0, 0.1) is 13.8 Å². The molecule has 0 saturated heterocycles. The molecule has 1 aliphatic heterocycles. The molecule has 1 atom stereocenters. The second kappa shape index (κ2) is 6.02. The quantitative estimate of drug-likeness (QED) is 0.910. The number of ether oxygens (including phenoxy) is 1. The number of aryl methyl sites for hydroxylation is 2. The third kappa shape index (κ3) is 3.16. The topological polar surface area (TPSA) is 73.2 Å². The van der Waals surface area contributed by atoms with E-state index in [4.69, 9.17) is 4.74 Å². The van der Waals surface area contributed by atoms with Gasteiger partial charge in [-0.1, -0.05) is 18.2 Å². The summed E-state index contributed by atoms with van der Waals surface area (Å²) in [6, 6.07) is 7.45. The van der Waals surface area contributed by atoms with Crippen molar-refractivity contribution in [2.75, 3.05) is 0 Å². The molecule has 6 nitrogen and oxygen atoms in total. The molecule has 132 valence electrons. The van der Waals surface area contributed by atoms with Crippen molar-refractivity contribution < 1.29 is 9.53 Å². The summed E-state index contributed by atoms with van der Waals surface area (Å²) in [6.45, 7) is 7.52. The van der Waals surface area contributed by atoms with Crippen molar-refractivity contribution in [1.29, 1.82) is 0 Å². The van der Waals surface area contributed by atoms with Gasteiger partial charge in [0, 0.05) is 19.0 Å². The summed E-state index contributed by atoms with van der Waals surface area (Å²) in [4.78, 5) is 25.3. The zero-order valence-corrected chi connectivity index (χ0v) is 15.2. The number of hydrogen-bond acceptors (Lipinski definition) is 4. The molecule has 0 aliphatic carbocycles. The van der Waals surface area contributed by atoms with E-state index >= 15 is 0 Å². The van der Waals surface area contributed by atoms with Gasteiger partial charge in [0.05, 0.1) is 11.7 Å². The Balaban J connectivity index is 1.99. The first-order valence-electron chi connectivity index (χ1n) is 8.33. The maximum absolute atomic E-state index is 12.9. The summed E-state index contributed by atoms with van der Waals surface area (Å²) in [5, 5.41) is 7.15. The summed E-state index contributed by atoms with van der Waals surface area (Å²) in [6.07, 6.45) is 0.624. The fraction of sp³-hybridized carbons (Fsp3) is 0.421. The molecule has 1 unspecified atom stereocenters. The number of aromatic nitrogens is 2. The van der Waals surface area contributed by atoms with Crippen molar-refractivity contribution in [2.24, 2.45) is 7.05 Å². The number of rotatable bonds is 2. The summed E-state index contributed by atoms with van der Waals surface area (Å²) >= 11 is 0. The van der Waals surface area contributed by atoms with Crippen molar-refractivity contribution in [1.82, 2.24) is 15.1 Å². The molecule has 1 N–H and O–H groups in total. The minimum absolute atomic E-state index is 0.150. The van der Waals surface area contributed by atoms with E-state index in [0.29, 0.717) is 17.7 Å². The van der Waals surface area contributed by atoms with Gasteiger partial charge in [0.15, 0.2) is 0 Å². The third-order valence-corrected chi connectivity index (χ3v) is 4.63. The number of hydrogen-bond donors (Lipinski definition) is 1. The number of fused-ring (bicyclic) bond motifs is 1. The fourth-order valence-corrected chi connectivity index (χ4v) is 3.28. The molecule has 1 aromatic heterocycles. The Labute approximate surface area is 146 Å². The Bertz CT molecular complexity index is 899. The first-order valence-corrected chi connectivity index (χ1v) is 8.33. The van der Waals surface area contributed by atoms with Crippen LogP contribution in [0.15, 0.2) is 29.1 Å². The van der Waals surface area contributed by atoms with Crippen LogP contribution in [-0.4, -0.2) is 21.3 Å². The van der Waals surface area contributed by atoms with Crippen LogP contribution in [-0.2, 0) is 7.05 Å². The first kappa shape index (κ1) is 17.2. The van der Waals surface area contributed by atoms with Crippen molar-refractivity contribution in [3.63, 3.8) is 0 Å². The van der Waals surface area contributed by atoms with Crippen molar-refractivity contribution in [3.05, 3.63) is 57.0 Å². The van der Waals surface area contributed by atoms with E-state index in [-0.39, 0.29) is 23.1 Å². The predicted octanol–water partition coefficient (Wildman–Crippen LogP) is 2.43. The van der Waals surface area contributed by atoms with Gasteiger partial charge in [0.2, 0.25) is 0 Å². The normalized spacial score (nSPS) is 18.2. The lowest BCUT2D eigenvalue weighted by atomic mass is 9.89. The Morgan fingerprint density at radius 2 is 2.00 bits per heavy atom. The van der Waals surface area contributed by atoms with Crippen LogP contribution in [0.3, 0.4) is 0 Å². The van der Waals surface area contributed by atoms with Crippen LogP contribution in [0.4, 0.5) is 0 Å². The van der Waals surface area contributed by atoms with Crippen LogP contribution in [0.25, 0.3) is 0 Å². The van der Waals surface area contributed by atoms with Crippen LogP contribution in [0.5, 0.6) is 5.75 Å². The van der Waals surface area contributed by atoms with Crippen LogP contribution in [0.1, 0.15) is 53.5 Å². The summed E-state index contributed by atoms with van der Waals surface area (Å²) in [7, 11) is 1.55. The Hall–Kier alpha value is -2.63. The molecule has 3 rings (SSSR count). The molecule has 0 bridgehead atoms. The van der Waals surface area contributed by atoms with Crippen LogP contribution in [0.2, 0.25) is 0 Å². The summed E-state index contributed by atoms with van der Waals surface area (Å²) < 4.78 is 7.20. The Morgan fingerprint density at radius 1 is 1.32 bits per heavy atom. The van der Waals surface area contributed by atoms with Gasteiger partial charge in [-0.05, 0) is 39.3 Å². The van der Waals surface area contributed by atoms with E-state index in [9.17, 15) is 9.59 Å². The second-order valence-electron chi connectivity index (χ2n) is 7.14. The molecule has 1 amide bonds. The summed E-state index contributed by atoms with van der Waals surface area (Å²) in [5.74, 6) is 0.390. The highest BCUT2D eigenvalue weighted by Gasteiger charge is 2.35. The zero-order valence-electron chi connectivity index (χ0n) is 15.2. The molecule has 6 heteroatoms. The molecular weight excluding hydrogens is 318 g/mol. The van der Waals surface area contributed by atoms with Gasteiger partial charge in [-0.25, -0.2) is 4.68 Å². The number of carbonyl (C=O) groups is 1. The molecule has 0 spiro atoms. The molecular formula is C19H23N3O3. The van der Waals surface area contributed by atoms with Gasteiger partial charge in [0.25, 0.3) is 11.5 Å². The van der Waals surface area contributed by atoms with E-state index < -0.39 is 5.60 Å². The number of nitrogens with one attached hydrogen (secondary N) is 1. The van der Waals surface area contributed by atoms with Gasteiger partial charge in [-0.3, -0.25) is 9.59 Å². The van der Waals surface area contributed by atoms with E-state index in [0.717, 1.165) is 11.3 Å². The highest BCUT2D eigenvalue weighted by Crippen LogP contribution is 2.39. The number of amides is 1. The molecule has 1 aliphatic rings. The molecule has 2 heterocycles. The van der Waals surface area contributed by atoms with E-state index in [1.807, 2.05) is 38.1 Å². The number of nitrogens with zero attached hydrogens (tertiary/aromatic N) is 2. The smallest absolute Gasteiger partial charge is 0.279 e. The van der Waals surface area contributed by atoms with Gasteiger partial charge in [0.1, 0.15) is 16.9 Å². The third-order valence-electron chi connectivity index (χ3n) is 4.63. The van der Waals surface area contributed by atoms with Gasteiger partial charge < -0.3 is 10.1 Å². The van der Waals surface area contributed by atoms with Crippen molar-refractivity contribution in [2.45, 2.75) is 45.8 Å². The van der Waals surface area contributed by atoms with E-state index in [2.05, 4.69) is 10.4 Å². The first-order chi connectivity index (χ1) is 11.7. The molecule has 0 fully saturated rings. The molecule has 1 aromatic carbocycles. The fourth-order valence-electron chi connectivity index (χ4n) is 3.28. The lowest BCUT2D eigenvalue weighted by molar-refractivity contribution is 0.0619. The van der Waals surface area contributed by atoms with E-state index in [1.165, 1.54) is 4.68 Å². The zero-order chi connectivity index (χ0) is 18.4. The van der Waals surface area contributed by atoms with Crippen molar-refractivity contribution >= 4 is 5.91 Å². The minimum atomic E-state index is -0.402. The monoisotopic (exact) mass is 341 g/mol. The number of para-hydroxylation sites is 1. The van der Waals surface area contributed by atoms with Crippen LogP contribution >= 0.6 is 0 Å². The Morgan fingerprint density at radius 3 is 2.72 bits per heavy atom. The minimum Gasteiger partial charge on any atom is -0.487 e. The molecule has 0 saturated carbocycles. The van der Waals surface area contributed by atoms with Gasteiger partial charge >= 0.3 is 0 Å². The number of carbonyl (C=O) groups excluding carboxylic acids is 1. The SMILES string of the molecule is Cc1nn(C)c(=O)c(C(=O)NC2CC(C)(C)Oc3ccccc32)c1C. The molecule has 25 heavy (non-hydrogen) atoms. The average molecular weight is 341 g/mol. The number of benzene rings is 1. The molecule has 0 radical (unpaired) electrons. The van der Waals surface area contributed by atoms with Gasteiger partial charge in [-0.2, -0.15) is 5.10 Å². The predicted molar refractivity (Wildman–Crippen MR) is 94.9 cm³/mol. The maximum atomic E-state index is 12.9. The molecule has 2 aromatic rings. The highest BCUT2D eigenvalue weighted by molar-refractivity contribution is 5.95. The maximum Gasteiger partial charge on any atom is 0.279 e. The lowest BCUT2D eigenvalue weighted by Crippen LogP contribution is -2.43. The van der Waals surface area contributed by atoms with Crippen molar-refractivity contribution in [3.8, 4) is 5.75 Å².